The second kappa shape index (κ2) is 4.03. The van der Waals surface area contributed by atoms with Crippen molar-refractivity contribution in [3.05, 3.63) is 35.6 Å². The van der Waals surface area contributed by atoms with Crippen LogP contribution >= 0.6 is 12.2 Å². The van der Waals surface area contributed by atoms with Gasteiger partial charge in [-0.15, -0.1) is 0 Å². The van der Waals surface area contributed by atoms with Crippen molar-refractivity contribution < 1.29 is 12.8 Å². The highest BCUT2D eigenvalue weighted by Gasteiger charge is 2.58. The van der Waals surface area contributed by atoms with E-state index in [4.69, 9.17) is 18.0 Å². The minimum Gasteiger partial charge on any atom is -0.393 e. The van der Waals surface area contributed by atoms with Crippen LogP contribution in [0.25, 0.3) is 0 Å². The van der Waals surface area contributed by atoms with Crippen LogP contribution in [0.1, 0.15) is 11.5 Å². The van der Waals surface area contributed by atoms with Gasteiger partial charge in [-0.2, -0.15) is 0 Å². The summed E-state index contributed by atoms with van der Waals surface area (Å²) >= 11 is 4.87. The molecule has 6 heteroatoms. The van der Waals surface area contributed by atoms with E-state index in [1.807, 2.05) is 0 Å². The van der Waals surface area contributed by atoms with Crippen LogP contribution in [0.15, 0.2) is 24.3 Å². The molecule has 1 aliphatic carbocycles. The molecule has 1 saturated carbocycles. The highest BCUT2D eigenvalue weighted by molar-refractivity contribution is 7.91. The molecule has 0 heterocycles. The van der Waals surface area contributed by atoms with Gasteiger partial charge in [-0.25, -0.2) is 12.8 Å². The summed E-state index contributed by atoms with van der Waals surface area (Å²) < 4.78 is 35.9. The first-order chi connectivity index (χ1) is 7.82. The third-order valence-corrected chi connectivity index (χ3v) is 4.88. The van der Waals surface area contributed by atoms with Crippen LogP contribution in [0.5, 0.6) is 0 Å². The lowest BCUT2D eigenvalue weighted by Gasteiger charge is -1.99. The Labute approximate surface area is 105 Å². The lowest BCUT2D eigenvalue weighted by atomic mass is 10.1. The zero-order valence-corrected chi connectivity index (χ0v) is 10.8. The molecule has 17 heavy (non-hydrogen) atoms. The summed E-state index contributed by atoms with van der Waals surface area (Å²) in [6, 6.07) is 5.78. The fraction of sp³-hybridized carbons (Fsp3) is 0.364. The quantitative estimate of drug-likeness (QED) is 0.842. The summed E-state index contributed by atoms with van der Waals surface area (Å²) in [5.41, 5.74) is 6.30. The fourth-order valence-electron chi connectivity index (χ4n) is 2.24. The van der Waals surface area contributed by atoms with Crippen molar-refractivity contribution in [1.82, 2.24) is 0 Å². The Balaban J connectivity index is 2.34. The van der Waals surface area contributed by atoms with E-state index in [0.717, 1.165) is 5.56 Å². The monoisotopic (exact) mass is 273 g/mol. The van der Waals surface area contributed by atoms with Crippen LogP contribution in [0, 0.1) is 11.7 Å². The molecule has 0 saturated heterocycles. The number of hydrogen-bond donors (Lipinski definition) is 1. The van der Waals surface area contributed by atoms with Gasteiger partial charge < -0.3 is 5.73 Å². The van der Waals surface area contributed by atoms with Crippen molar-refractivity contribution in [1.29, 1.82) is 0 Å². The Kier molecular flexibility index (Phi) is 2.95. The Bertz CT molecular complexity index is 553. The van der Waals surface area contributed by atoms with E-state index in [-0.39, 0.29) is 22.6 Å². The number of halogens is 1. The van der Waals surface area contributed by atoms with E-state index in [0.29, 0.717) is 0 Å². The highest BCUT2D eigenvalue weighted by Crippen LogP contribution is 2.52. The molecule has 0 aromatic heterocycles. The molecular formula is C11H12FNO2S2. The molecule has 0 bridgehead atoms. The Morgan fingerprint density at radius 2 is 1.88 bits per heavy atom. The number of rotatable bonds is 3. The molecule has 0 spiro atoms. The predicted molar refractivity (Wildman–Crippen MR) is 68.0 cm³/mol. The molecule has 1 aromatic carbocycles. The molecule has 3 nitrogen and oxygen atoms in total. The molecule has 1 aliphatic rings. The molecule has 3 unspecified atom stereocenters. The van der Waals surface area contributed by atoms with Gasteiger partial charge in [-0.1, -0.05) is 24.4 Å². The van der Waals surface area contributed by atoms with Gasteiger partial charge in [0.15, 0.2) is 9.84 Å². The molecule has 0 amide bonds. The zero-order valence-electron chi connectivity index (χ0n) is 9.13. The van der Waals surface area contributed by atoms with Gasteiger partial charge in [-0.3, -0.25) is 0 Å². The minimum absolute atomic E-state index is 0.203. The normalized spacial score (nSPS) is 27.8. The number of thiocarbonyl (C=S) groups is 1. The van der Waals surface area contributed by atoms with Crippen LogP contribution in [0.4, 0.5) is 4.39 Å². The second-order valence-electron chi connectivity index (χ2n) is 4.30. The largest absolute Gasteiger partial charge is 0.393 e. The summed E-state index contributed by atoms with van der Waals surface area (Å²) in [5.74, 6) is -0.911. The average molecular weight is 273 g/mol. The molecule has 0 aliphatic heterocycles. The average Bonchev–Trinajstić information content (AvgIpc) is 2.93. The smallest absolute Gasteiger partial charge is 0.151 e. The zero-order chi connectivity index (χ0) is 12.8. The standard InChI is InChI=1S/C11H12FNO2S2/c1-17(14,15)10-8(9(10)11(13)16)6-2-4-7(12)5-3-6/h2-5,8-10H,1H3,(H2,13,16). The third kappa shape index (κ3) is 2.32. The van der Waals surface area contributed by atoms with E-state index in [2.05, 4.69) is 0 Å². The van der Waals surface area contributed by atoms with Gasteiger partial charge in [0, 0.05) is 18.1 Å². The van der Waals surface area contributed by atoms with Gasteiger partial charge in [0.1, 0.15) is 5.82 Å². The van der Waals surface area contributed by atoms with Gasteiger partial charge >= 0.3 is 0 Å². The van der Waals surface area contributed by atoms with Crippen LogP contribution in [-0.2, 0) is 9.84 Å². The number of nitrogens with two attached hydrogens (primary N) is 1. The van der Waals surface area contributed by atoms with Gasteiger partial charge in [0.25, 0.3) is 0 Å². The summed E-state index contributed by atoms with van der Waals surface area (Å²) in [7, 11) is -3.19. The van der Waals surface area contributed by atoms with Gasteiger partial charge in [0.2, 0.25) is 0 Å². The molecule has 2 N–H and O–H groups in total. The first kappa shape index (κ1) is 12.4. The fourth-order valence-corrected chi connectivity index (χ4v) is 4.23. The summed E-state index contributed by atoms with van der Waals surface area (Å²) in [5, 5.41) is -0.564. The Hall–Kier alpha value is -1.01. The maximum absolute atomic E-state index is 12.8. The van der Waals surface area contributed by atoms with Crippen LogP contribution in [0.2, 0.25) is 0 Å². The van der Waals surface area contributed by atoms with Gasteiger partial charge in [-0.05, 0) is 17.7 Å². The van der Waals surface area contributed by atoms with Crippen molar-refractivity contribution in [3.63, 3.8) is 0 Å². The lowest BCUT2D eigenvalue weighted by molar-refractivity contribution is 0.599. The SMILES string of the molecule is CS(=O)(=O)C1C(C(N)=S)C1c1ccc(F)cc1. The number of benzene rings is 1. The Morgan fingerprint density at radius 3 is 2.24 bits per heavy atom. The molecular weight excluding hydrogens is 261 g/mol. The van der Waals surface area contributed by atoms with E-state index in [1.165, 1.54) is 18.4 Å². The third-order valence-electron chi connectivity index (χ3n) is 3.03. The van der Waals surface area contributed by atoms with Crippen molar-refractivity contribution in [2.75, 3.05) is 6.26 Å². The highest BCUT2D eigenvalue weighted by atomic mass is 32.2. The molecule has 1 fully saturated rings. The lowest BCUT2D eigenvalue weighted by Crippen LogP contribution is -2.16. The van der Waals surface area contributed by atoms with E-state index in [9.17, 15) is 12.8 Å². The first-order valence-electron chi connectivity index (χ1n) is 5.06. The summed E-state index contributed by atoms with van der Waals surface area (Å²) in [4.78, 5) is 0.203. The van der Waals surface area contributed by atoms with Gasteiger partial charge in [0.05, 0.1) is 10.2 Å². The van der Waals surface area contributed by atoms with Crippen LogP contribution in [-0.4, -0.2) is 24.9 Å². The number of hydrogen-bond acceptors (Lipinski definition) is 3. The van der Waals surface area contributed by atoms with Crippen molar-refractivity contribution in [2.45, 2.75) is 11.2 Å². The van der Waals surface area contributed by atoms with Crippen molar-refractivity contribution in [2.24, 2.45) is 11.7 Å². The van der Waals surface area contributed by atoms with Crippen molar-refractivity contribution in [3.8, 4) is 0 Å². The topological polar surface area (TPSA) is 60.2 Å². The van der Waals surface area contributed by atoms with Crippen LogP contribution < -0.4 is 5.73 Å². The van der Waals surface area contributed by atoms with Crippen LogP contribution in [0.3, 0.4) is 0 Å². The van der Waals surface area contributed by atoms with E-state index < -0.39 is 15.1 Å². The Morgan fingerprint density at radius 1 is 1.35 bits per heavy atom. The first-order valence-corrected chi connectivity index (χ1v) is 7.42. The second-order valence-corrected chi connectivity index (χ2v) is 6.97. The maximum Gasteiger partial charge on any atom is 0.151 e. The van der Waals surface area contributed by atoms with E-state index >= 15 is 0 Å². The molecule has 3 atom stereocenters. The molecule has 0 radical (unpaired) electrons. The van der Waals surface area contributed by atoms with E-state index in [1.54, 1.807) is 12.1 Å². The predicted octanol–water partition coefficient (Wildman–Crippen LogP) is 1.24. The molecule has 2 rings (SSSR count). The summed E-state index contributed by atoms with van der Waals surface area (Å²) in [6.45, 7) is 0. The molecule has 1 aromatic rings. The maximum atomic E-state index is 12.8. The molecule has 92 valence electrons. The van der Waals surface area contributed by atoms with Crippen molar-refractivity contribution >= 4 is 27.0 Å². The summed E-state index contributed by atoms with van der Waals surface area (Å²) in [6.07, 6.45) is 1.17. The minimum atomic E-state index is -3.19. The number of sulfone groups is 1.